The molecule has 0 bridgehead atoms. The molecule has 378 valence electrons. The normalized spacial score (nSPS) is 19.4. The second kappa shape index (κ2) is 21.1. The zero-order valence-corrected chi connectivity index (χ0v) is 38.5. The molecule has 2 aromatic heterocycles. The molecule has 5 amide bonds. The smallest absolute Gasteiger partial charge is 0.410 e. The molecule has 26 heteroatoms. The molecular weight excluding hydrogens is 951 g/mol. The maximum atomic E-state index is 14.0. The number of carbonyl (C=O) groups is 7. The number of nitrogens with one attached hydrogen (secondary N) is 2. The average molecular weight is 999 g/mol. The minimum absolute atomic E-state index is 0.0203. The standard InChI is InChI=1S/C46H47BN6O19/c1-2-51(16-23-22-12-31-32(70-20-69-31)13-26(22)50-38-24(23)17-53-28(38)14-29(54)25(43(53)63)19-67-37(59)15-47)46(66)68-18-21-3-4-30(71-45-41(62)39(60)40(61)42(72-45)44(64)65)27(11-21)49-34(56)7-9-48-33(55)8-10-52-35(57)5-6-36(52)58/h3-6,11-14,39-42,45,54,60-62H,2,7-10,15-20,47H2,1H3,(H,48,55)(H,49,56)(H,64,65)/t39-,40-,41+,42-,45+/m0/s1. The number of aromatic nitrogens is 2. The van der Waals surface area contributed by atoms with Gasteiger partial charge in [0.1, 0.15) is 50.9 Å². The average Bonchev–Trinajstić information content (AvgIpc) is 4.06. The van der Waals surface area contributed by atoms with Gasteiger partial charge in [-0.1, -0.05) is 6.07 Å². The fourth-order valence-corrected chi connectivity index (χ4v) is 8.26. The van der Waals surface area contributed by atoms with Crippen molar-refractivity contribution in [2.24, 2.45) is 0 Å². The molecule has 4 aliphatic rings. The molecule has 6 heterocycles. The number of rotatable bonds is 18. The fraction of sp³-hybridized carbons (Fsp3) is 0.370. The van der Waals surface area contributed by atoms with Gasteiger partial charge in [0, 0.05) is 74.0 Å². The third kappa shape index (κ3) is 10.4. The predicted molar refractivity (Wildman–Crippen MR) is 246 cm³/mol. The summed E-state index contributed by atoms with van der Waals surface area (Å²) in [4.78, 5) is 108. The molecule has 0 radical (unpaired) electrons. The third-order valence-corrected chi connectivity index (χ3v) is 12.2. The lowest BCUT2D eigenvalue weighted by Crippen LogP contribution is -2.61. The molecule has 25 nitrogen and oxygen atoms in total. The molecule has 1 fully saturated rings. The number of aliphatic hydroxyl groups is 3. The number of esters is 1. The van der Waals surface area contributed by atoms with Crippen LogP contribution in [0.15, 0.2) is 53.3 Å². The lowest BCUT2D eigenvalue weighted by atomic mass is 9.99. The molecule has 0 spiro atoms. The summed E-state index contributed by atoms with van der Waals surface area (Å²) in [6.07, 6.45) is -9.00. The van der Waals surface area contributed by atoms with Gasteiger partial charge in [0.2, 0.25) is 24.9 Å². The highest BCUT2D eigenvalue weighted by molar-refractivity contribution is 6.18. The van der Waals surface area contributed by atoms with Crippen LogP contribution < -0.4 is 30.4 Å². The largest absolute Gasteiger partial charge is 0.507 e. The van der Waals surface area contributed by atoms with E-state index in [1.807, 2.05) is 0 Å². The molecule has 4 aromatic rings. The van der Waals surface area contributed by atoms with Crippen molar-refractivity contribution in [2.75, 3.05) is 31.7 Å². The van der Waals surface area contributed by atoms with Crippen LogP contribution in [0, 0.1) is 0 Å². The van der Waals surface area contributed by atoms with Gasteiger partial charge in [-0.3, -0.25) is 33.7 Å². The number of aliphatic carboxylic acids is 1. The lowest BCUT2D eigenvalue weighted by molar-refractivity contribution is -0.271. The number of imide groups is 1. The first kappa shape index (κ1) is 50.3. The first-order valence-corrected chi connectivity index (χ1v) is 22.6. The van der Waals surface area contributed by atoms with Crippen molar-refractivity contribution in [3.63, 3.8) is 0 Å². The van der Waals surface area contributed by atoms with E-state index in [1.54, 1.807) is 26.9 Å². The number of carboxylic acid groups (broad SMARTS) is 1. The van der Waals surface area contributed by atoms with Gasteiger partial charge in [0.25, 0.3) is 23.3 Å². The Morgan fingerprint density at radius 1 is 0.903 bits per heavy atom. The summed E-state index contributed by atoms with van der Waals surface area (Å²) in [6.45, 7) is 0.457. The van der Waals surface area contributed by atoms with Crippen LogP contribution in [0.5, 0.6) is 23.0 Å². The zero-order valence-electron chi connectivity index (χ0n) is 38.5. The number of hydrogen-bond donors (Lipinski definition) is 7. The summed E-state index contributed by atoms with van der Waals surface area (Å²) < 4.78 is 34.6. The Bertz CT molecular complexity index is 2960. The van der Waals surface area contributed by atoms with E-state index in [-0.39, 0.29) is 86.9 Å². The van der Waals surface area contributed by atoms with Crippen LogP contribution >= 0.6 is 0 Å². The van der Waals surface area contributed by atoms with E-state index in [1.165, 1.54) is 33.7 Å². The van der Waals surface area contributed by atoms with Crippen molar-refractivity contribution >= 4 is 66.1 Å². The molecule has 2 aromatic carbocycles. The highest BCUT2D eigenvalue weighted by atomic mass is 16.7. The Kier molecular flexibility index (Phi) is 14.8. The van der Waals surface area contributed by atoms with Crippen LogP contribution in [0.1, 0.15) is 42.0 Å². The van der Waals surface area contributed by atoms with Gasteiger partial charge in [-0.15, -0.1) is 0 Å². The lowest BCUT2D eigenvalue weighted by Gasteiger charge is -2.38. The topological polar surface area (TPSA) is 341 Å². The number of fused-ring (bicyclic) bond motifs is 5. The Balaban J connectivity index is 1.01. The van der Waals surface area contributed by atoms with Gasteiger partial charge < -0.3 is 74.1 Å². The Morgan fingerprint density at radius 2 is 1.64 bits per heavy atom. The van der Waals surface area contributed by atoms with Crippen LogP contribution in [0.3, 0.4) is 0 Å². The third-order valence-electron chi connectivity index (χ3n) is 12.2. The number of anilines is 1. The SMILES string of the molecule is BCC(=O)OCc1c(O)cc2n(c1=O)Cc1c-2nc2cc3c(cc2c1CN(CC)C(=O)OCc1ccc(O[C@@H]2O[C@H](C(=O)O)[C@@H](O)[C@H](O)[C@H]2O)c(NC(=O)CCNC(=O)CCN2C(=O)C=CC2=O)c1)OCO3. The maximum absolute atomic E-state index is 14.0. The molecule has 1 saturated heterocycles. The Labute approximate surface area is 407 Å². The van der Waals surface area contributed by atoms with Gasteiger partial charge in [0.05, 0.1) is 41.2 Å². The molecule has 4 aliphatic heterocycles. The number of aliphatic hydroxyl groups excluding tert-OH is 3. The number of carboxylic acids is 1. The molecule has 5 atom stereocenters. The van der Waals surface area contributed by atoms with Gasteiger partial charge in [-0.2, -0.15) is 0 Å². The fourth-order valence-electron chi connectivity index (χ4n) is 8.26. The second-order valence-corrected chi connectivity index (χ2v) is 16.8. The van der Waals surface area contributed by atoms with E-state index < -0.39 is 96.9 Å². The van der Waals surface area contributed by atoms with Crippen LogP contribution in [-0.2, 0) is 69.3 Å². The van der Waals surface area contributed by atoms with E-state index in [2.05, 4.69) is 10.6 Å². The van der Waals surface area contributed by atoms with Crippen LogP contribution in [-0.4, -0.2) is 152 Å². The van der Waals surface area contributed by atoms with Crippen molar-refractivity contribution in [2.45, 2.75) is 83.1 Å². The van der Waals surface area contributed by atoms with Gasteiger partial charge >= 0.3 is 12.1 Å². The second-order valence-electron chi connectivity index (χ2n) is 16.8. The molecule has 0 aliphatic carbocycles. The van der Waals surface area contributed by atoms with Crippen LogP contribution in [0.2, 0.25) is 6.32 Å². The summed E-state index contributed by atoms with van der Waals surface area (Å²) in [6, 6.07) is 8.79. The molecule has 7 N–H and O–H groups in total. The monoisotopic (exact) mass is 998 g/mol. The van der Waals surface area contributed by atoms with Gasteiger partial charge in [-0.25, -0.2) is 14.6 Å². The number of amides is 5. The summed E-state index contributed by atoms with van der Waals surface area (Å²) in [5.41, 5.74) is 1.62. The van der Waals surface area contributed by atoms with Gasteiger partial charge in [0.15, 0.2) is 17.6 Å². The van der Waals surface area contributed by atoms with Crippen molar-refractivity contribution < 1.29 is 87.5 Å². The molecule has 0 saturated carbocycles. The number of nitrogens with zero attached hydrogens (tertiary/aromatic N) is 4. The first-order valence-electron chi connectivity index (χ1n) is 22.6. The highest BCUT2D eigenvalue weighted by Crippen LogP contribution is 2.42. The van der Waals surface area contributed by atoms with E-state index in [0.717, 1.165) is 17.1 Å². The van der Waals surface area contributed by atoms with E-state index in [9.17, 15) is 63.9 Å². The number of carbonyl (C=O) groups excluding carboxylic acids is 6. The number of aromatic hydroxyl groups is 1. The van der Waals surface area contributed by atoms with Crippen molar-refractivity contribution in [3.05, 3.63) is 81.2 Å². The number of pyridine rings is 2. The molecular formula is C46H47BN6O19. The van der Waals surface area contributed by atoms with Crippen LogP contribution in [0.4, 0.5) is 10.5 Å². The number of benzene rings is 2. The molecule has 72 heavy (non-hydrogen) atoms. The Hall–Kier alpha value is -8.07. The molecule has 0 unspecified atom stereocenters. The minimum atomic E-state index is -2.02. The van der Waals surface area contributed by atoms with Crippen molar-refractivity contribution in [1.82, 2.24) is 24.7 Å². The maximum Gasteiger partial charge on any atom is 0.410 e. The number of hydrogen-bond acceptors (Lipinski definition) is 19. The summed E-state index contributed by atoms with van der Waals surface area (Å²) in [7, 11) is 1.59. The van der Waals surface area contributed by atoms with E-state index >= 15 is 0 Å². The van der Waals surface area contributed by atoms with Gasteiger partial charge in [-0.05, 0) is 36.2 Å². The predicted octanol–water partition coefficient (Wildman–Crippen LogP) is -0.856. The summed E-state index contributed by atoms with van der Waals surface area (Å²) in [5, 5.41) is 57.4. The molecule has 8 rings (SSSR count). The van der Waals surface area contributed by atoms with Crippen molar-refractivity contribution in [1.29, 1.82) is 0 Å². The summed E-state index contributed by atoms with van der Waals surface area (Å²) in [5.74, 6) is -4.37. The highest BCUT2D eigenvalue weighted by Gasteiger charge is 2.48. The van der Waals surface area contributed by atoms with Crippen LogP contribution in [0.25, 0.3) is 22.3 Å². The van der Waals surface area contributed by atoms with E-state index in [4.69, 9.17) is 33.4 Å². The zero-order chi connectivity index (χ0) is 51.5. The minimum Gasteiger partial charge on any atom is -0.507 e. The number of ether oxygens (including phenoxy) is 6. The quantitative estimate of drug-likeness (QED) is 0.0319. The summed E-state index contributed by atoms with van der Waals surface area (Å²) >= 11 is 0. The van der Waals surface area contributed by atoms with Crippen molar-refractivity contribution in [3.8, 4) is 34.4 Å². The van der Waals surface area contributed by atoms with E-state index in [0.29, 0.717) is 39.2 Å². The first-order chi connectivity index (χ1) is 34.5. The Morgan fingerprint density at radius 3 is 2.35 bits per heavy atom.